The molecule has 1 fully saturated rings. The lowest BCUT2D eigenvalue weighted by Crippen LogP contribution is -2.53. The number of carbonyl (C=O) groups excluding carboxylic acids is 2. The lowest BCUT2D eigenvalue weighted by molar-refractivity contribution is -0.137. The quantitative estimate of drug-likeness (QED) is 0.722. The van der Waals surface area contributed by atoms with E-state index in [1.807, 2.05) is 32.6 Å². The highest BCUT2D eigenvalue weighted by Crippen LogP contribution is 2.09. The average molecular weight is 284 g/mol. The first-order chi connectivity index (χ1) is 9.31. The van der Waals surface area contributed by atoms with Crippen LogP contribution in [-0.2, 0) is 9.59 Å². The van der Waals surface area contributed by atoms with E-state index in [0.29, 0.717) is 19.6 Å². The molecule has 116 valence electrons. The number of nitrogens with zero attached hydrogens (tertiary/aromatic N) is 2. The van der Waals surface area contributed by atoms with Gasteiger partial charge in [0.05, 0.1) is 12.5 Å². The molecule has 1 heterocycles. The SMILES string of the molecule is CC(C)NC(=O)CN1CCN(C(=O)C(C)C(C)N)CC1. The first kappa shape index (κ1) is 16.9. The van der Waals surface area contributed by atoms with Gasteiger partial charge >= 0.3 is 0 Å². The Morgan fingerprint density at radius 3 is 2.10 bits per heavy atom. The first-order valence-corrected chi connectivity index (χ1v) is 7.37. The molecule has 1 aliphatic heterocycles. The van der Waals surface area contributed by atoms with E-state index in [0.717, 1.165) is 13.1 Å². The molecule has 1 saturated heterocycles. The lowest BCUT2D eigenvalue weighted by atomic mass is 10.0. The molecule has 0 saturated carbocycles. The summed E-state index contributed by atoms with van der Waals surface area (Å²) >= 11 is 0. The lowest BCUT2D eigenvalue weighted by Gasteiger charge is -2.36. The van der Waals surface area contributed by atoms with E-state index in [1.165, 1.54) is 0 Å². The van der Waals surface area contributed by atoms with Crippen LogP contribution in [0.5, 0.6) is 0 Å². The summed E-state index contributed by atoms with van der Waals surface area (Å²) in [6.45, 7) is 10.9. The van der Waals surface area contributed by atoms with E-state index >= 15 is 0 Å². The molecule has 0 radical (unpaired) electrons. The Hall–Kier alpha value is -1.14. The fourth-order valence-corrected chi connectivity index (χ4v) is 2.21. The van der Waals surface area contributed by atoms with E-state index < -0.39 is 0 Å². The third kappa shape index (κ3) is 5.09. The number of amides is 2. The maximum atomic E-state index is 12.2. The zero-order valence-corrected chi connectivity index (χ0v) is 13.1. The fourth-order valence-electron chi connectivity index (χ4n) is 2.21. The molecule has 1 rings (SSSR count). The molecular weight excluding hydrogens is 256 g/mol. The molecule has 6 heteroatoms. The van der Waals surface area contributed by atoms with Gasteiger partial charge < -0.3 is 16.0 Å². The van der Waals surface area contributed by atoms with Gasteiger partial charge in [-0.25, -0.2) is 0 Å². The summed E-state index contributed by atoms with van der Waals surface area (Å²) in [6, 6.07) is 0.0367. The number of rotatable bonds is 5. The van der Waals surface area contributed by atoms with Crippen molar-refractivity contribution < 1.29 is 9.59 Å². The number of hydrogen-bond acceptors (Lipinski definition) is 4. The predicted octanol–water partition coefficient (Wildman–Crippen LogP) is -0.361. The van der Waals surface area contributed by atoms with E-state index in [1.54, 1.807) is 0 Å². The Morgan fingerprint density at radius 2 is 1.65 bits per heavy atom. The second kappa shape index (κ2) is 7.59. The van der Waals surface area contributed by atoms with Crippen LogP contribution in [-0.4, -0.2) is 66.4 Å². The molecule has 20 heavy (non-hydrogen) atoms. The molecule has 2 amide bonds. The number of carbonyl (C=O) groups is 2. The van der Waals surface area contributed by atoms with Crippen molar-refractivity contribution in [2.24, 2.45) is 11.7 Å². The highest BCUT2D eigenvalue weighted by Gasteiger charge is 2.27. The molecule has 6 nitrogen and oxygen atoms in total. The summed E-state index contributed by atoms with van der Waals surface area (Å²) in [6.07, 6.45) is 0. The summed E-state index contributed by atoms with van der Waals surface area (Å²) in [5.74, 6) is 0.0146. The van der Waals surface area contributed by atoms with Crippen LogP contribution in [0.2, 0.25) is 0 Å². The van der Waals surface area contributed by atoms with Gasteiger partial charge in [0.15, 0.2) is 0 Å². The third-order valence-corrected chi connectivity index (χ3v) is 3.68. The monoisotopic (exact) mass is 284 g/mol. The van der Waals surface area contributed by atoms with Crippen LogP contribution >= 0.6 is 0 Å². The normalized spacial score (nSPS) is 19.8. The van der Waals surface area contributed by atoms with Crippen LogP contribution in [0.3, 0.4) is 0 Å². The standard InChI is InChI=1S/C14H28N4O2/c1-10(2)16-13(19)9-17-5-7-18(8-6-17)14(20)11(3)12(4)15/h10-12H,5-9,15H2,1-4H3,(H,16,19). The Bertz CT molecular complexity index is 336. The van der Waals surface area contributed by atoms with Gasteiger partial charge in [-0.1, -0.05) is 6.92 Å². The molecule has 0 bridgehead atoms. The molecule has 0 aromatic carbocycles. The minimum Gasteiger partial charge on any atom is -0.353 e. The van der Waals surface area contributed by atoms with Crippen LogP contribution in [0.25, 0.3) is 0 Å². The van der Waals surface area contributed by atoms with Crippen molar-refractivity contribution >= 4 is 11.8 Å². The van der Waals surface area contributed by atoms with Gasteiger partial charge in [0.2, 0.25) is 11.8 Å². The Morgan fingerprint density at radius 1 is 1.10 bits per heavy atom. The molecule has 3 N–H and O–H groups in total. The van der Waals surface area contributed by atoms with Gasteiger partial charge in [-0.2, -0.15) is 0 Å². The second-order valence-electron chi connectivity index (χ2n) is 5.97. The Balaban J connectivity index is 2.36. The first-order valence-electron chi connectivity index (χ1n) is 7.37. The summed E-state index contributed by atoms with van der Waals surface area (Å²) in [5, 5.41) is 2.88. The van der Waals surface area contributed by atoms with E-state index in [2.05, 4.69) is 10.2 Å². The summed E-state index contributed by atoms with van der Waals surface area (Å²) in [4.78, 5) is 27.8. The average Bonchev–Trinajstić information content (AvgIpc) is 2.36. The topological polar surface area (TPSA) is 78.7 Å². The summed E-state index contributed by atoms with van der Waals surface area (Å²) in [7, 11) is 0. The minimum absolute atomic E-state index is 0.0451. The maximum Gasteiger partial charge on any atom is 0.234 e. The van der Waals surface area contributed by atoms with Gasteiger partial charge in [-0.3, -0.25) is 14.5 Å². The highest BCUT2D eigenvalue weighted by molar-refractivity contribution is 5.79. The van der Waals surface area contributed by atoms with E-state index in [9.17, 15) is 9.59 Å². The predicted molar refractivity (Wildman–Crippen MR) is 79.1 cm³/mol. The zero-order valence-electron chi connectivity index (χ0n) is 13.1. The number of nitrogens with two attached hydrogens (primary N) is 1. The molecular formula is C14H28N4O2. The minimum atomic E-state index is -0.147. The fraction of sp³-hybridized carbons (Fsp3) is 0.857. The van der Waals surface area contributed by atoms with Crippen LogP contribution in [0.15, 0.2) is 0 Å². The van der Waals surface area contributed by atoms with Crippen molar-refractivity contribution in [3.63, 3.8) is 0 Å². The summed E-state index contributed by atoms with van der Waals surface area (Å²) in [5.41, 5.74) is 5.77. The van der Waals surface area contributed by atoms with Crippen LogP contribution in [0.1, 0.15) is 27.7 Å². The molecule has 2 unspecified atom stereocenters. The number of nitrogens with one attached hydrogen (secondary N) is 1. The Kier molecular flexibility index (Phi) is 6.42. The molecule has 1 aliphatic rings. The highest BCUT2D eigenvalue weighted by atomic mass is 16.2. The molecule has 0 spiro atoms. The maximum absolute atomic E-state index is 12.2. The van der Waals surface area contributed by atoms with Crippen LogP contribution < -0.4 is 11.1 Å². The number of hydrogen-bond donors (Lipinski definition) is 2. The molecule has 2 atom stereocenters. The summed E-state index contributed by atoms with van der Waals surface area (Å²) < 4.78 is 0. The van der Waals surface area contributed by atoms with Crippen LogP contribution in [0.4, 0.5) is 0 Å². The van der Waals surface area contributed by atoms with Gasteiger partial charge in [0, 0.05) is 38.3 Å². The smallest absolute Gasteiger partial charge is 0.234 e. The van der Waals surface area contributed by atoms with Gasteiger partial charge in [-0.05, 0) is 20.8 Å². The second-order valence-corrected chi connectivity index (χ2v) is 5.97. The van der Waals surface area contributed by atoms with E-state index in [-0.39, 0.29) is 29.8 Å². The van der Waals surface area contributed by atoms with E-state index in [4.69, 9.17) is 5.73 Å². The van der Waals surface area contributed by atoms with Crippen molar-refractivity contribution in [1.82, 2.24) is 15.1 Å². The molecule has 0 aromatic rings. The van der Waals surface area contributed by atoms with Crippen LogP contribution in [0, 0.1) is 5.92 Å². The van der Waals surface area contributed by atoms with Crippen molar-refractivity contribution in [2.75, 3.05) is 32.7 Å². The molecule has 0 aliphatic carbocycles. The third-order valence-electron chi connectivity index (χ3n) is 3.68. The molecule has 0 aromatic heterocycles. The van der Waals surface area contributed by atoms with Crippen molar-refractivity contribution in [3.05, 3.63) is 0 Å². The van der Waals surface area contributed by atoms with Gasteiger partial charge in [0.25, 0.3) is 0 Å². The van der Waals surface area contributed by atoms with Crippen molar-refractivity contribution in [2.45, 2.75) is 39.8 Å². The van der Waals surface area contributed by atoms with Gasteiger partial charge in [-0.15, -0.1) is 0 Å². The van der Waals surface area contributed by atoms with Crippen molar-refractivity contribution in [1.29, 1.82) is 0 Å². The largest absolute Gasteiger partial charge is 0.353 e. The Labute approximate surface area is 121 Å². The number of piperazine rings is 1. The zero-order chi connectivity index (χ0) is 15.3. The van der Waals surface area contributed by atoms with Gasteiger partial charge in [0.1, 0.15) is 0 Å². The van der Waals surface area contributed by atoms with Crippen molar-refractivity contribution in [3.8, 4) is 0 Å².